The average molecular weight is 347 g/mol. The van der Waals surface area contributed by atoms with E-state index in [0.29, 0.717) is 18.1 Å². The molecule has 26 heavy (non-hydrogen) atoms. The highest BCUT2D eigenvalue weighted by Gasteiger charge is 2.39. The number of benzene rings is 2. The Morgan fingerprint density at radius 3 is 2.92 bits per heavy atom. The molecule has 2 N–H and O–H groups in total. The molecule has 0 saturated heterocycles. The fraction of sp³-hybridized carbons (Fsp3) is 0.227. The van der Waals surface area contributed by atoms with Gasteiger partial charge in [0, 0.05) is 17.2 Å². The number of nitrogens with one attached hydrogen (secondary N) is 1. The molecule has 1 heterocycles. The molecule has 0 radical (unpaired) electrons. The Morgan fingerprint density at radius 1 is 1.27 bits per heavy atom. The quantitative estimate of drug-likeness (QED) is 0.765. The fourth-order valence-electron chi connectivity index (χ4n) is 4.05. The van der Waals surface area contributed by atoms with Crippen molar-refractivity contribution in [2.75, 3.05) is 11.9 Å². The number of carboxylic acids is 1. The van der Waals surface area contributed by atoms with Crippen molar-refractivity contribution < 1.29 is 14.6 Å². The summed E-state index contributed by atoms with van der Waals surface area (Å²) >= 11 is 0. The molecule has 0 unspecified atom stereocenters. The predicted molar refractivity (Wildman–Crippen MR) is 102 cm³/mol. The fourth-order valence-corrected chi connectivity index (χ4v) is 4.05. The minimum absolute atomic E-state index is 0.110. The van der Waals surface area contributed by atoms with Crippen LogP contribution < -0.4 is 10.1 Å². The van der Waals surface area contributed by atoms with Crippen LogP contribution in [0.4, 0.5) is 5.69 Å². The summed E-state index contributed by atoms with van der Waals surface area (Å²) in [6.07, 6.45) is 7.10. The van der Waals surface area contributed by atoms with Crippen molar-refractivity contribution in [2.45, 2.75) is 18.4 Å². The smallest absolute Gasteiger partial charge is 0.335 e. The van der Waals surface area contributed by atoms with Crippen LogP contribution in [0, 0.1) is 5.92 Å². The van der Waals surface area contributed by atoms with Crippen LogP contribution >= 0.6 is 0 Å². The molecule has 1 aliphatic carbocycles. The first-order valence-corrected chi connectivity index (χ1v) is 8.82. The number of carboxylic acid groups (broad SMARTS) is 1. The van der Waals surface area contributed by atoms with Gasteiger partial charge >= 0.3 is 5.97 Å². The van der Waals surface area contributed by atoms with E-state index in [1.165, 1.54) is 0 Å². The first-order valence-electron chi connectivity index (χ1n) is 8.82. The monoisotopic (exact) mass is 347 g/mol. The van der Waals surface area contributed by atoms with E-state index in [9.17, 15) is 9.90 Å². The Bertz CT molecular complexity index is 887. The van der Waals surface area contributed by atoms with Gasteiger partial charge < -0.3 is 15.2 Å². The number of rotatable bonds is 5. The van der Waals surface area contributed by atoms with Crippen molar-refractivity contribution in [3.05, 3.63) is 84.0 Å². The van der Waals surface area contributed by atoms with Crippen LogP contribution in [0.3, 0.4) is 0 Å². The Hall–Kier alpha value is -3.01. The molecule has 0 aromatic heterocycles. The van der Waals surface area contributed by atoms with E-state index < -0.39 is 5.97 Å². The lowest BCUT2D eigenvalue weighted by atomic mass is 9.76. The second kappa shape index (κ2) is 6.71. The largest absolute Gasteiger partial charge is 0.489 e. The summed E-state index contributed by atoms with van der Waals surface area (Å²) in [5.41, 5.74) is 3.51. The Balaban J connectivity index is 1.75. The van der Waals surface area contributed by atoms with Gasteiger partial charge in [-0.05, 0) is 42.2 Å². The summed E-state index contributed by atoms with van der Waals surface area (Å²) in [5.74, 6) is 0.515. The van der Waals surface area contributed by atoms with Gasteiger partial charge in [-0.3, -0.25) is 0 Å². The number of para-hydroxylation sites is 1. The van der Waals surface area contributed by atoms with Crippen molar-refractivity contribution in [1.29, 1.82) is 0 Å². The Kier molecular flexibility index (Phi) is 4.25. The van der Waals surface area contributed by atoms with Crippen LogP contribution in [-0.2, 0) is 0 Å². The molecule has 132 valence electrons. The van der Waals surface area contributed by atoms with Crippen LogP contribution in [0.15, 0.2) is 67.3 Å². The number of carbonyl (C=O) groups is 1. The van der Waals surface area contributed by atoms with Crippen LogP contribution in [0.1, 0.15) is 39.9 Å². The highest BCUT2D eigenvalue weighted by molar-refractivity contribution is 5.89. The average Bonchev–Trinajstić information content (AvgIpc) is 3.15. The third-order valence-corrected chi connectivity index (χ3v) is 5.22. The lowest BCUT2D eigenvalue weighted by Gasteiger charge is -2.38. The van der Waals surface area contributed by atoms with E-state index in [-0.39, 0.29) is 12.0 Å². The van der Waals surface area contributed by atoms with Crippen molar-refractivity contribution in [2.24, 2.45) is 5.92 Å². The minimum atomic E-state index is -0.892. The number of allylic oxidation sites excluding steroid dienone is 2. The molecule has 2 aliphatic rings. The maximum absolute atomic E-state index is 11.3. The maximum Gasteiger partial charge on any atom is 0.335 e. The van der Waals surface area contributed by atoms with Gasteiger partial charge in [0.2, 0.25) is 0 Å². The number of anilines is 1. The van der Waals surface area contributed by atoms with Crippen LogP contribution in [0.25, 0.3) is 0 Å². The summed E-state index contributed by atoms with van der Waals surface area (Å²) in [5, 5.41) is 12.9. The predicted octanol–water partition coefficient (Wildman–Crippen LogP) is 4.78. The van der Waals surface area contributed by atoms with Gasteiger partial charge in [-0.1, -0.05) is 43.0 Å². The molecule has 0 saturated carbocycles. The highest BCUT2D eigenvalue weighted by Crippen LogP contribution is 2.51. The molecule has 2 aromatic rings. The van der Waals surface area contributed by atoms with Gasteiger partial charge in [0.1, 0.15) is 12.4 Å². The van der Waals surface area contributed by atoms with E-state index in [0.717, 1.165) is 29.0 Å². The first-order chi connectivity index (χ1) is 12.7. The SMILES string of the molecule is C=CCOc1ccccc1[C@@H]1Nc2ccc(C(=O)O)cc2[C@@H]2C=CC[C@@H]21. The number of hydrogen-bond donors (Lipinski definition) is 2. The molecular formula is C22H21NO3. The molecular weight excluding hydrogens is 326 g/mol. The second-order valence-corrected chi connectivity index (χ2v) is 6.72. The zero-order valence-corrected chi connectivity index (χ0v) is 14.4. The zero-order valence-electron chi connectivity index (χ0n) is 14.4. The normalized spacial score (nSPS) is 22.8. The lowest BCUT2D eigenvalue weighted by Crippen LogP contribution is -2.29. The Labute approximate surface area is 152 Å². The van der Waals surface area contributed by atoms with Crippen LogP contribution in [0.2, 0.25) is 0 Å². The van der Waals surface area contributed by atoms with E-state index >= 15 is 0 Å². The molecule has 0 amide bonds. The van der Waals surface area contributed by atoms with Gasteiger partial charge in [0.25, 0.3) is 0 Å². The number of aromatic carboxylic acids is 1. The van der Waals surface area contributed by atoms with E-state index in [2.05, 4.69) is 30.1 Å². The summed E-state index contributed by atoms with van der Waals surface area (Å²) in [6.45, 7) is 4.19. The molecule has 3 atom stereocenters. The van der Waals surface area contributed by atoms with Crippen molar-refractivity contribution in [1.82, 2.24) is 0 Å². The molecule has 2 aromatic carbocycles. The standard InChI is InChI=1S/C22H21NO3/c1-2-12-26-20-9-4-3-6-17(20)21-16-8-5-7-15(16)18-13-14(22(24)25)10-11-19(18)23-21/h2-7,9-11,13,15-16,21,23H,1,8,12H2,(H,24,25)/t15-,16+,21-/m1/s1. The van der Waals surface area contributed by atoms with Gasteiger partial charge in [0.05, 0.1) is 11.6 Å². The van der Waals surface area contributed by atoms with E-state index in [4.69, 9.17) is 4.74 Å². The molecule has 1 aliphatic heterocycles. The molecule has 0 spiro atoms. The number of hydrogen-bond acceptors (Lipinski definition) is 3. The minimum Gasteiger partial charge on any atom is -0.489 e. The summed E-state index contributed by atoms with van der Waals surface area (Å²) < 4.78 is 5.87. The Morgan fingerprint density at radius 2 is 2.12 bits per heavy atom. The van der Waals surface area contributed by atoms with Crippen LogP contribution in [-0.4, -0.2) is 17.7 Å². The molecule has 0 fully saturated rings. The van der Waals surface area contributed by atoms with Crippen molar-refractivity contribution in [3.8, 4) is 5.75 Å². The topological polar surface area (TPSA) is 58.6 Å². The molecule has 4 heteroatoms. The summed E-state index contributed by atoms with van der Waals surface area (Å²) in [4.78, 5) is 11.3. The summed E-state index contributed by atoms with van der Waals surface area (Å²) in [7, 11) is 0. The number of fused-ring (bicyclic) bond motifs is 3. The van der Waals surface area contributed by atoms with E-state index in [1.807, 2.05) is 24.3 Å². The summed E-state index contributed by atoms with van der Waals surface area (Å²) in [6, 6.07) is 13.5. The second-order valence-electron chi connectivity index (χ2n) is 6.72. The van der Waals surface area contributed by atoms with Crippen molar-refractivity contribution >= 4 is 11.7 Å². The van der Waals surface area contributed by atoms with E-state index in [1.54, 1.807) is 18.2 Å². The van der Waals surface area contributed by atoms with Gasteiger partial charge in [-0.2, -0.15) is 0 Å². The van der Waals surface area contributed by atoms with Gasteiger partial charge in [-0.15, -0.1) is 0 Å². The van der Waals surface area contributed by atoms with Crippen molar-refractivity contribution in [3.63, 3.8) is 0 Å². The number of ether oxygens (including phenoxy) is 1. The molecule has 4 rings (SSSR count). The van der Waals surface area contributed by atoms with Gasteiger partial charge in [-0.25, -0.2) is 4.79 Å². The third-order valence-electron chi connectivity index (χ3n) is 5.22. The lowest BCUT2D eigenvalue weighted by molar-refractivity contribution is 0.0696. The highest BCUT2D eigenvalue weighted by atomic mass is 16.5. The third kappa shape index (κ3) is 2.77. The first kappa shape index (κ1) is 16.5. The zero-order chi connectivity index (χ0) is 18.1. The van der Waals surface area contributed by atoms with Gasteiger partial charge in [0.15, 0.2) is 0 Å². The maximum atomic E-state index is 11.3. The molecule has 0 bridgehead atoms. The van der Waals surface area contributed by atoms with Crippen LogP contribution in [0.5, 0.6) is 5.75 Å². The molecule has 4 nitrogen and oxygen atoms in total.